The third-order valence-electron chi connectivity index (χ3n) is 5.02. The van der Waals surface area contributed by atoms with Crippen LogP contribution >= 0.6 is 23.4 Å². The minimum atomic E-state index is -0.857. The number of fused-ring (bicyclic) bond motifs is 1. The van der Waals surface area contributed by atoms with Crippen LogP contribution < -0.4 is 0 Å². The summed E-state index contributed by atoms with van der Waals surface area (Å²) >= 11 is 8.09. The molecule has 152 valence electrons. The van der Waals surface area contributed by atoms with E-state index in [1.165, 1.54) is 0 Å². The summed E-state index contributed by atoms with van der Waals surface area (Å²) in [5, 5.41) is 27.9. The predicted octanol–water partition coefficient (Wildman–Crippen LogP) is 6.00. The van der Waals surface area contributed by atoms with Gasteiger partial charge in [-0.15, -0.1) is 11.8 Å². The lowest BCUT2D eigenvalue weighted by molar-refractivity contribution is -0.136. The zero-order chi connectivity index (χ0) is 21.3. The van der Waals surface area contributed by atoms with Crippen molar-refractivity contribution in [1.29, 1.82) is 0 Å². The van der Waals surface area contributed by atoms with Crippen molar-refractivity contribution in [3.05, 3.63) is 65.3 Å². The Morgan fingerprint density at radius 2 is 1.77 bits per heavy atom. The van der Waals surface area contributed by atoms with Crippen molar-refractivity contribution in [1.82, 2.24) is 10.2 Å². The fourth-order valence-corrected chi connectivity index (χ4v) is 4.15. The predicted molar refractivity (Wildman–Crippen MR) is 121 cm³/mol. The number of hydrogen-bond acceptors (Lipinski definition) is 4. The highest BCUT2D eigenvalue weighted by Gasteiger charge is 2.13. The number of H-pyrrole nitrogens is 1. The first-order valence-corrected chi connectivity index (χ1v) is 10.9. The Labute approximate surface area is 182 Å². The molecule has 0 aliphatic rings. The molecule has 1 heterocycles. The highest BCUT2D eigenvalue weighted by atomic mass is 35.5. The number of thioether (sulfide) groups is 1. The summed E-state index contributed by atoms with van der Waals surface area (Å²) in [6.07, 6.45) is 2.34. The number of carbonyl (C=O) groups is 1. The lowest BCUT2D eigenvalue weighted by atomic mass is 9.98. The van der Waals surface area contributed by atoms with Crippen molar-refractivity contribution in [2.24, 2.45) is 0 Å². The van der Waals surface area contributed by atoms with Gasteiger partial charge in [0.1, 0.15) is 5.75 Å². The van der Waals surface area contributed by atoms with Crippen LogP contribution in [0.15, 0.2) is 59.5 Å². The minimum absolute atomic E-state index is 0.0193. The summed E-state index contributed by atoms with van der Waals surface area (Å²) in [5.41, 5.74) is 4.94. The maximum absolute atomic E-state index is 10.9. The maximum Gasteiger partial charge on any atom is 0.303 e. The fraction of sp³-hybridized carbons (Fsp3) is 0.130. The van der Waals surface area contributed by atoms with E-state index in [4.69, 9.17) is 16.7 Å². The number of phenols is 1. The number of halogens is 1. The van der Waals surface area contributed by atoms with E-state index < -0.39 is 5.97 Å². The second-order valence-electron chi connectivity index (χ2n) is 6.90. The number of carboxylic acid groups (broad SMARTS) is 1. The van der Waals surface area contributed by atoms with Crippen LogP contribution in [0.5, 0.6) is 5.75 Å². The van der Waals surface area contributed by atoms with Gasteiger partial charge in [-0.25, -0.2) is 0 Å². The molecule has 3 N–H and O–H groups in total. The van der Waals surface area contributed by atoms with Crippen molar-refractivity contribution in [2.75, 3.05) is 6.26 Å². The average Bonchev–Trinajstić information content (AvgIpc) is 3.13. The van der Waals surface area contributed by atoms with E-state index >= 15 is 0 Å². The monoisotopic (exact) mass is 438 g/mol. The van der Waals surface area contributed by atoms with Gasteiger partial charge in [-0.2, -0.15) is 5.10 Å². The summed E-state index contributed by atoms with van der Waals surface area (Å²) in [6.45, 7) is 0. The molecule has 0 bridgehead atoms. The van der Waals surface area contributed by atoms with E-state index in [1.807, 2.05) is 54.8 Å². The van der Waals surface area contributed by atoms with E-state index in [2.05, 4.69) is 10.2 Å². The van der Waals surface area contributed by atoms with Gasteiger partial charge in [-0.1, -0.05) is 35.9 Å². The fourth-order valence-electron chi connectivity index (χ4n) is 3.44. The number of aromatic amines is 1. The van der Waals surface area contributed by atoms with Crippen molar-refractivity contribution in [3.63, 3.8) is 0 Å². The molecule has 0 atom stereocenters. The van der Waals surface area contributed by atoms with Gasteiger partial charge in [0.2, 0.25) is 0 Å². The van der Waals surface area contributed by atoms with Gasteiger partial charge in [0.05, 0.1) is 22.7 Å². The van der Waals surface area contributed by atoms with Crippen LogP contribution in [0.25, 0.3) is 33.2 Å². The third kappa shape index (κ3) is 4.01. The normalized spacial score (nSPS) is 11.1. The largest absolute Gasteiger partial charge is 0.507 e. The second-order valence-corrected chi connectivity index (χ2v) is 8.19. The van der Waals surface area contributed by atoms with Gasteiger partial charge in [0.25, 0.3) is 0 Å². The summed E-state index contributed by atoms with van der Waals surface area (Å²) < 4.78 is 0. The molecule has 5 nitrogen and oxygen atoms in total. The Morgan fingerprint density at radius 3 is 2.40 bits per heavy atom. The van der Waals surface area contributed by atoms with Gasteiger partial charge < -0.3 is 10.2 Å². The Bertz CT molecular complexity index is 1240. The molecule has 0 aliphatic heterocycles. The number of aromatic nitrogens is 2. The molecule has 0 radical (unpaired) electrons. The number of aryl methyl sites for hydroxylation is 1. The van der Waals surface area contributed by atoms with E-state index in [0.717, 1.165) is 38.1 Å². The second kappa shape index (κ2) is 8.42. The first-order chi connectivity index (χ1) is 14.5. The molecule has 1 aromatic heterocycles. The number of nitrogens with one attached hydrogen (secondary N) is 1. The van der Waals surface area contributed by atoms with Gasteiger partial charge in [-0.05, 0) is 47.7 Å². The molecular formula is C23H19ClN2O3S. The summed E-state index contributed by atoms with van der Waals surface area (Å²) in [6, 6.07) is 17.2. The van der Waals surface area contributed by atoms with Gasteiger partial charge in [0.15, 0.2) is 0 Å². The van der Waals surface area contributed by atoms with Gasteiger partial charge in [-0.3, -0.25) is 9.89 Å². The molecule has 0 fully saturated rings. The Balaban J connectivity index is 1.69. The van der Waals surface area contributed by atoms with Crippen molar-refractivity contribution in [3.8, 4) is 28.0 Å². The molecule has 4 aromatic rings. The number of rotatable bonds is 6. The van der Waals surface area contributed by atoms with E-state index in [1.54, 1.807) is 17.8 Å². The Hall–Kier alpha value is -2.96. The first kappa shape index (κ1) is 20.3. The highest BCUT2D eigenvalue weighted by Crippen LogP contribution is 2.36. The molecule has 0 unspecified atom stereocenters. The third-order valence-corrected chi connectivity index (χ3v) is 6.05. The van der Waals surface area contributed by atoms with Crippen LogP contribution in [0.1, 0.15) is 12.1 Å². The number of benzene rings is 3. The van der Waals surface area contributed by atoms with Crippen LogP contribution in [0.4, 0.5) is 0 Å². The van der Waals surface area contributed by atoms with Crippen molar-refractivity contribution >= 4 is 40.2 Å². The molecule has 0 saturated heterocycles. The molecule has 7 heteroatoms. The van der Waals surface area contributed by atoms with E-state index in [9.17, 15) is 9.90 Å². The SMILES string of the molecule is CSc1ccc(-c2ccc(-c3cc4c(CCC(=O)O)n[nH]c4cc3Cl)cc2)c(O)c1. The van der Waals surface area contributed by atoms with Crippen LogP contribution in [-0.4, -0.2) is 32.6 Å². The summed E-state index contributed by atoms with van der Waals surface area (Å²) in [4.78, 5) is 11.9. The molecular weight excluding hydrogens is 420 g/mol. The van der Waals surface area contributed by atoms with Crippen LogP contribution in [-0.2, 0) is 11.2 Å². The molecule has 4 rings (SSSR count). The number of hydrogen-bond donors (Lipinski definition) is 3. The average molecular weight is 439 g/mol. The lowest BCUT2D eigenvalue weighted by Crippen LogP contribution is -1.98. The number of phenolic OH excluding ortho intramolecular Hbond substituents is 1. The van der Waals surface area contributed by atoms with Crippen molar-refractivity contribution in [2.45, 2.75) is 17.7 Å². The van der Waals surface area contributed by atoms with Gasteiger partial charge >= 0.3 is 5.97 Å². The molecule has 0 aliphatic carbocycles. The molecule has 0 amide bonds. The summed E-state index contributed by atoms with van der Waals surface area (Å²) in [7, 11) is 0. The zero-order valence-corrected chi connectivity index (χ0v) is 17.7. The zero-order valence-electron chi connectivity index (χ0n) is 16.1. The number of nitrogens with zero attached hydrogens (tertiary/aromatic N) is 1. The van der Waals surface area contributed by atoms with Gasteiger partial charge in [0, 0.05) is 27.8 Å². The molecule has 3 aromatic carbocycles. The number of aliphatic carboxylic acids is 1. The Morgan fingerprint density at radius 1 is 1.07 bits per heavy atom. The minimum Gasteiger partial charge on any atom is -0.507 e. The van der Waals surface area contributed by atoms with Crippen molar-refractivity contribution < 1.29 is 15.0 Å². The summed E-state index contributed by atoms with van der Waals surface area (Å²) in [5.74, 6) is -0.611. The molecule has 30 heavy (non-hydrogen) atoms. The number of aromatic hydroxyl groups is 1. The molecule has 0 saturated carbocycles. The van der Waals surface area contributed by atoms with Crippen LogP contribution in [0, 0.1) is 0 Å². The lowest BCUT2D eigenvalue weighted by Gasteiger charge is -2.09. The maximum atomic E-state index is 10.9. The topological polar surface area (TPSA) is 86.2 Å². The van der Waals surface area contributed by atoms with Crippen LogP contribution in [0.2, 0.25) is 5.02 Å². The van der Waals surface area contributed by atoms with E-state index in [0.29, 0.717) is 17.1 Å². The number of carboxylic acids is 1. The van der Waals surface area contributed by atoms with Crippen LogP contribution in [0.3, 0.4) is 0 Å². The van der Waals surface area contributed by atoms with E-state index in [-0.39, 0.29) is 12.2 Å². The highest BCUT2D eigenvalue weighted by molar-refractivity contribution is 7.98. The molecule has 0 spiro atoms. The Kier molecular flexibility index (Phi) is 5.70. The first-order valence-electron chi connectivity index (χ1n) is 9.32. The smallest absolute Gasteiger partial charge is 0.303 e. The quantitative estimate of drug-likeness (QED) is 0.321. The standard InChI is InChI=1S/C23H19ClN2O3S/c1-30-15-6-7-16(22(27)10-15)13-2-4-14(5-3-13)17-11-18-20(8-9-23(28)29)25-26-21(18)12-19(17)24/h2-7,10-12,27H,8-9H2,1H3,(H,25,26)(H,28,29).